The molecule has 0 atom stereocenters. The van der Waals surface area contributed by atoms with Crippen molar-refractivity contribution in [2.45, 2.75) is 18.7 Å². The van der Waals surface area contributed by atoms with Gasteiger partial charge in [-0.1, -0.05) is 90.2 Å². The second-order valence-corrected chi connectivity index (χ2v) is 5.15. The van der Waals surface area contributed by atoms with E-state index in [2.05, 4.69) is 60.7 Å². The van der Waals surface area contributed by atoms with E-state index in [9.17, 15) is 0 Å². The van der Waals surface area contributed by atoms with Crippen LogP contribution < -0.4 is 33.6 Å². The van der Waals surface area contributed by atoms with Crippen molar-refractivity contribution >= 4 is 40.7 Å². The Morgan fingerprint density at radius 3 is 1.55 bits per heavy atom. The molecule has 0 aliphatic heterocycles. The number of benzene rings is 2. The summed E-state index contributed by atoms with van der Waals surface area (Å²) in [5.74, 6) is 0.866. The van der Waals surface area contributed by atoms with Crippen LogP contribution in [0, 0.1) is 0 Å². The van der Waals surface area contributed by atoms with Crippen LogP contribution in [0.25, 0.3) is 0 Å². The minimum Gasteiger partial charge on any atom is -1.00 e. The Morgan fingerprint density at radius 2 is 1.27 bits per heavy atom. The normalized spacial score (nSPS) is 12.1. The molecular weight excluding hydrogens is 349 g/mol. The third-order valence-electron chi connectivity index (χ3n) is 3.54. The smallest absolute Gasteiger partial charge is 1.00 e. The van der Waals surface area contributed by atoms with E-state index >= 15 is 0 Å². The van der Waals surface area contributed by atoms with Crippen molar-refractivity contribution in [3.05, 3.63) is 60.7 Å². The summed E-state index contributed by atoms with van der Waals surface area (Å²) in [5, 5.41) is 7.75. The zero-order valence-corrected chi connectivity index (χ0v) is 15.9. The first-order valence-corrected chi connectivity index (χ1v) is 7.27. The number of halogens is 1. The molecule has 0 radical (unpaired) electrons. The van der Waals surface area contributed by atoms with Crippen LogP contribution in [-0.4, -0.2) is 48.0 Å². The molecule has 0 heterocycles. The zero-order valence-electron chi connectivity index (χ0n) is 12.9. The van der Waals surface area contributed by atoms with Crippen LogP contribution in [0.3, 0.4) is 0 Å². The average Bonchev–Trinajstić information content (AvgIpc) is 3.35. The maximum Gasteiger partial charge on any atom is 2.00 e. The summed E-state index contributed by atoms with van der Waals surface area (Å²) in [6, 6.07) is 21.8. The van der Waals surface area contributed by atoms with Gasteiger partial charge in [0.15, 0.2) is 0 Å². The topological polar surface area (TPSA) is 46.2 Å². The summed E-state index contributed by atoms with van der Waals surface area (Å²) in [5.41, 5.74) is 7.72. The van der Waals surface area contributed by atoms with E-state index in [1.165, 1.54) is 23.8 Å². The van der Waals surface area contributed by atoms with Gasteiger partial charge in [-0.15, -0.1) is 0 Å². The number of hydrogen-bond donors (Lipinski definition) is 2. The number of aliphatic hydroxyl groups is 1. The van der Waals surface area contributed by atoms with Gasteiger partial charge >= 0.3 is 23.1 Å². The Bertz CT molecular complexity index is 455. The first kappa shape index (κ1) is 21.7. The second-order valence-electron chi connectivity index (χ2n) is 5.15. The van der Waals surface area contributed by atoms with Crippen LogP contribution in [-0.2, 0) is 0 Å². The third kappa shape index (κ3) is 6.84. The van der Waals surface area contributed by atoms with E-state index in [4.69, 9.17) is 10.8 Å². The predicted octanol–water partition coefficient (Wildman–Crippen LogP) is -1.98. The molecule has 2 nitrogen and oxygen atoms in total. The molecular formula is C17H22BBrMgNO+. The Morgan fingerprint density at radius 1 is 0.909 bits per heavy atom. The Kier molecular flexibility index (Phi) is 12.0. The molecule has 0 unspecified atom stereocenters. The van der Waals surface area contributed by atoms with Gasteiger partial charge < -0.3 is 27.8 Å². The number of rotatable bonds is 4. The molecule has 3 N–H and O–H groups in total. The van der Waals surface area contributed by atoms with Crippen LogP contribution in [0.15, 0.2) is 60.7 Å². The van der Waals surface area contributed by atoms with Gasteiger partial charge in [-0.2, -0.15) is 0 Å². The first-order valence-electron chi connectivity index (χ1n) is 7.27. The van der Waals surface area contributed by atoms with E-state index in [-0.39, 0.29) is 46.6 Å². The number of nitrogens with two attached hydrogens (primary N) is 1. The van der Waals surface area contributed by atoms with Crippen molar-refractivity contribution in [1.82, 2.24) is 0 Å². The maximum atomic E-state index is 7.75. The van der Waals surface area contributed by atoms with Crippen LogP contribution >= 0.6 is 0 Å². The Labute approximate surface area is 160 Å². The SMILES string of the molecule is NCCO.[Br-].[Mg+2].c1ccc(B(c2ccccc2)C2CC2)cc1. The summed E-state index contributed by atoms with van der Waals surface area (Å²) in [6.45, 7) is 1.09. The summed E-state index contributed by atoms with van der Waals surface area (Å²) in [7, 11) is 0. The third-order valence-corrected chi connectivity index (χ3v) is 3.54. The molecule has 0 bridgehead atoms. The summed E-state index contributed by atoms with van der Waals surface area (Å²) in [4.78, 5) is 0. The molecule has 112 valence electrons. The van der Waals surface area contributed by atoms with E-state index in [1.54, 1.807) is 0 Å². The minimum atomic E-state index is 0. The fourth-order valence-electron chi connectivity index (χ4n) is 2.49. The molecule has 2 aromatic carbocycles. The number of hydrogen-bond acceptors (Lipinski definition) is 2. The zero-order chi connectivity index (χ0) is 14.2. The molecule has 0 aromatic heterocycles. The van der Waals surface area contributed by atoms with Gasteiger partial charge in [0.2, 0.25) is 6.71 Å². The molecule has 3 rings (SSSR count). The number of aliphatic hydroxyl groups excluding tert-OH is 1. The van der Waals surface area contributed by atoms with Gasteiger partial charge in [-0.25, -0.2) is 0 Å². The summed E-state index contributed by atoms with van der Waals surface area (Å²) >= 11 is 0. The molecule has 0 spiro atoms. The molecule has 1 aliphatic rings. The van der Waals surface area contributed by atoms with Crippen LogP contribution in [0.1, 0.15) is 12.8 Å². The quantitative estimate of drug-likeness (QED) is 0.612. The molecule has 5 heteroatoms. The van der Waals surface area contributed by atoms with E-state index in [1.807, 2.05) is 0 Å². The van der Waals surface area contributed by atoms with Crippen molar-refractivity contribution in [2.24, 2.45) is 5.73 Å². The van der Waals surface area contributed by atoms with Gasteiger partial charge in [0.1, 0.15) is 0 Å². The summed E-state index contributed by atoms with van der Waals surface area (Å²) < 4.78 is 0. The van der Waals surface area contributed by atoms with E-state index in [0.29, 0.717) is 13.3 Å². The molecule has 0 amide bonds. The molecule has 22 heavy (non-hydrogen) atoms. The van der Waals surface area contributed by atoms with Crippen LogP contribution in [0.2, 0.25) is 5.82 Å². The van der Waals surface area contributed by atoms with Gasteiger partial charge in [-0.05, 0) is 0 Å². The van der Waals surface area contributed by atoms with E-state index in [0.717, 1.165) is 5.82 Å². The molecule has 1 fully saturated rings. The molecule has 2 aromatic rings. The molecule has 1 aliphatic carbocycles. The second kappa shape index (κ2) is 12.1. The van der Waals surface area contributed by atoms with Crippen molar-refractivity contribution in [3.8, 4) is 0 Å². The van der Waals surface area contributed by atoms with E-state index < -0.39 is 0 Å². The fourth-order valence-corrected chi connectivity index (χ4v) is 2.49. The average molecular weight is 371 g/mol. The van der Waals surface area contributed by atoms with Crippen molar-refractivity contribution in [2.75, 3.05) is 13.2 Å². The van der Waals surface area contributed by atoms with Crippen molar-refractivity contribution in [1.29, 1.82) is 0 Å². The van der Waals surface area contributed by atoms with Gasteiger partial charge in [0.05, 0.1) is 6.61 Å². The van der Waals surface area contributed by atoms with Gasteiger partial charge in [0.25, 0.3) is 0 Å². The molecule has 0 saturated heterocycles. The Hall–Kier alpha value is -0.329. The summed E-state index contributed by atoms with van der Waals surface area (Å²) in [6.07, 6.45) is 2.77. The van der Waals surface area contributed by atoms with Crippen LogP contribution in [0.5, 0.6) is 0 Å². The Balaban J connectivity index is 0.000000665. The van der Waals surface area contributed by atoms with Gasteiger partial charge in [-0.3, -0.25) is 0 Å². The van der Waals surface area contributed by atoms with Crippen molar-refractivity contribution < 1.29 is 22.1 Å². The fraction of sp³-hybridized carbons (Fsp3) is 0.294. The minimum absolute atomic E-state index is 0. The molecule has 1 saturated carbocycles. The standard InChI is InChI=1S/C15H15B.C2H7NO.BrH.Mg/c1-3-7-13(8-4-1)16(15-11-12-15)14-9-5-2-6-10-14;3-1-2-4;;/h1-10,15H,11-12H2;4H,1-3H2;1H;/q;;;+2/p-1. The van der Waals surface area contributed by atoms with Gasteiger partial charge in [0, 0.05) is 6.54 Å². The predicted molar refractivity (Wildman–Crippen MR) is 92.8 cm³/mol. The van der Waals surface area contributed by atoms with Crippen molar-refractivity contribution in [3.63, 3.8) is 0 Å². The maximum absolute atomic E-state index is 7.75. The van der Waals surface area contributed by atoms with Crippen LogP contribution in [0.4, 0.5) is 0 Å². The monoisotopic (exact) mass is 370 g/mol. The largest absolute Gasteiger partial charge is 2.00 e. The first-order chi connectivity index (χ1) is 9.86.